The fourth-order valence-electron chi connectivity index (χ4n) is 2.23. The Bertz CT molecular complexity index is 363. The molecule has 0 unspecified atom stereocenters. The number of hydrogen-bond acceptors (Lipinski definition) is 5. The van der Waals surface area contributed by atoms with Crippen LogP contribution < -0.4 is 0 Å². The lowest BCUT2D eigenvalue weighted by molar-refractivity contribution is -0.0414. The van der Waals surface area contributed by atoms with Crippen LogP contribution in [0.4, 0.5) is 0 Å². The standard InChI is InChI=1S/C13H25ClO5S/c1-12(2)9-18-7-8-19-10-13(11-20(14,15)16)3-5-17-6-4-13/h12H,3-11H2,1-2H3. The predicted octanol–water partition coefficient (Wildman–Crippen LogP) is 2.04. The Morgan fingerprint density at radius 2 is 1.80 bits per heavy atom. The summed E-state index contributed by atoms with van der Waals surface area (Å²) >= 11 is 0. The number of hydrogen-bond donors (Lipinski definition) is 0. The van der Waals surface area contributed by atoms with E-state index < -0.39 is 14.5 Å². The van der Waals surface area contributed by atoms with E-state index in [4.69, 9.17) is 24.9 Å². The van der Waals surface area contributed by atoms with Gasteiger partial charge in [-0.3, -0.25) is 0 Å². The van der Waals surface area contributed by atoms with Crippen molar-refractivity contribution in [1.82, 2.24) is 0 Å². The van der Waals surface area contributed by atoms with E-state index in [9.17, 15) is 8.42 Å². The first kappa shape index (κ1) is 18.2. The number of halogens is 1. The molecule has 0 bridgehead atoms. The van der Waals surface area contributed by atoms with Crippen molar-refractivity contribution in [3.8, 4) is 0 Å². The molecule has 0 radical (unpaired) electrons. The molecular weight excluding hydrogens is 304 g/mol. The summed E-state index contributed by atoms with van der Waals surface area (Å²) < 4.78 is 39.0. The van der Waals surface area contributed by atoms with Crippen LogP contribution >= 0.6 is 10.7 Å². The number of rotatable bonds is 9. The third-order valence-corrected chi connectivity index (χ3v) is 4.55. The lowest BCUT2D eigenvalue weighted by Crippen LogP contribution is -2.39. The minimum absolute atomic E-state index is 0.0578. The summed E-state index contributed by atoms with van der Waals surface area (Å²) in [6, 6.07) is 0. The second-order valence-corrected chi connectivity index (χ2v) is 8.59. The quantitative estimate of drug-likeness (QED) is 0.479. The second-order valence-electron chi connectivity index (χ2n) is 5.82. The molecule has 5 nitrogen and oxygen atoms in total. The van der Waals surface area contributed by atoms with E-state index in [1.165, 1.54) is 0 Å². The normalized spacial score (nSPS) is 19.4. The minimum Gasteiger partial charge on any atom is -0.381 e. The third kappa shape index (κ3) is 7.78. The molecule has 0 aliphatic carbocycles. The summed E-state index contributed by atoms with van der Waals surface area (Å²) in [4.78, 5) is 0. The Hall–Kier alpha value is 0.120. The third-order valence-electron chi connectivity index (χ3n) is 3.26. The first-order chi connectivity index (χ1) is 9.33. The molecule has 1 heterocycles. The maximum atomic E-state index is 11.4. The van der Waals surface area contributed by atoms with Gasteiger partial charge in [-0.05, 0) is 18.8 Å². The summed E-state index contributed by atoms with van der Waals surface area (Å²) in [7, 11) is 1.87. The van der Waals surface area contributed by atoms with Gasteiger partial charge in [0.25, 0.3) is 0 Å². The van der Waals surface area contributed by atoms with Crippen LogP contribution in [0.1, 0.15) is 26.7 Å². The first-order valence-corrected chi connectivity index (χ1v) is 9.46. The van der Waals surface area contributed by atoms with Crippen LogP contribution in [0.2, 0.25) is 0 Å². The van der Waals surface area contributed by atoms with Crippen molar-refractivity contribution < 1.29 is 22.6 Å². The van der Waals surface area contributed by atoms with Crippen LogP contribution in [0.5, 0.6) is 0 Å². The van der Waals surface area contributed by atoms with Crippen LogP contribution in [0.25, 0.3) is 0 Å². The van der Waals surface area contributed by atoms with Gasteiger partial charge in [-0.1, -0.05) is 13.8 Å². The molecule has 7 heteroatoms. The van der Waals surface area contributed by atoms with Crippen molar-refractivity contribution in [2.75, 3.05) is 45.4 Å². The van der Waals surface area contributed by atoms with Crippen molar-refractivity contribution in [3.05, 3.63) is 0 Å². The Morgan fingerprint density at radius 1 is 1.20 bits per heavy atom. The molecule has 0 spiro atoms. The smallest absolute Gasteiger partial charge is 0.233 e. The Balaban J connectivity index is 2.34. The summed E-state index contributed by atoms with van der Waals surface area (Å²) in [5.74, 6) is 0.441. The molecule has 120 valence electrons. The van der Waals surface area contributed by atoms with E-state index >= 15 is 0 Å². The van der Waals surface area contributed by atoms with Gasteiger partial charge >= 0.3 is 0 Å². The average molecular weight is 329 g/mol. The molecule has 1 rings (SSSR count). The zero-order valence-corrected chi connectivity index (χ0v) is 13.8. The maximum Gasteiger partial charge on any atom is 0.233 e. The maximum absolute atomic E-state index is 11.4. The van der Waals surface area contributed by atoms with Crippen LogP contribution in [0, 0.1) is 11.3 Å². The van der Waals surface area contributed by atoms with Gasteiger partial charge in [0, 0.05) is 35.9 Å². The van der Waals surface area contributed by atoms with Gasteiger partial charge in [0.05, 0.1) is 25.6 Å². The summed E-state index contributed by atoms with van der Waals surface area (Å²) in [6.45, 7) is 7.37. The molecule has 1 aliphatic rings. The van der Waals surface area contributed by atoms with E-state index in [-0.39, 0.29) is 5.75 Å². The van der Waals surface area contributed by atoms with E-state index in [0.717, 1.165) is 0 Å². The summed E-state index contributed by atoms with van der Waals surface area (Å²) in [6.07, 6.45) is 1.32. The Morgan fingerprint density at radius 3 is 2.35 bits per heavy atom. The zero-order chi connectivity index (χ0) is 15.1. The fourth-order valence-corrected chi connectivity index (χ4v) is 4.02. The molecule has 0 aromatic heterocycles. The van der Waals surface area contributed by atoms with Crippen molar-refractivity contribution in [1.29, 1.82) is 0 Å². The van der Waals surface area contributed by atoms with Crippen LogP contribution in [0.3, 0.4) is 0 Å². The van der Waals surface area contributed by atoms with E-state index in [0.29, 0.717) is 58.4 Å². The zero-order valence-electron chi connectivity index (χ0n) is 12.3. The first-order valence-electron chi connectivity index (χ1n) is 6.99. The average Bonchev–Trinajstić information content (AvgIpc) is 2.32. The van der Waals surface area contributed by atoms with Crippen molar-refractivity contribution in [2.24, 2.45) is 11.3 Å². The van der Waals surface area contributed by atoms with E-state index in [2.05, 4.69) is 13.8 Å². The summed E-state index contributed by atoms with van der Waals surface area (Å²) in [5, 5.41) is 0. The van der Waals surface area contributed by atoms with Gasteiger partial charge < -0.3 is 14.2 Å². The van der Waals surface area contributed by atoms with Gasteiger partial charge in [0.1, 0.15) is 0 Å². The van der Waals surface area contributed by atoms with Gasteiger partial charge in [-0.15, -0.1) is 0 Å². The van der Waals surface area contributed by atoms with Crippen molar-refractivity contribution in [2.45, 2.75) is 26.7 Å². The lowest BCUT2D eigenvalue weighted by Gasteiger charge is -2.35. The molecule has 0 saturated carbocycles. The lowest BCUT2D eigenvalue weighted by atomic mass is 9.83. The molecule has 0 amide bonds. The highest BCUT2D eigenvalue weighted by Gasteiger charge is 2.37. The largest absolute Gasteiger partial charge is 0.381 e. The van der Waals surface area contributed by atoms with Crippen LogP contribution in [-0.4, -0.2) is 53.8 Å². The second kappa shape index (κ2) is 8.54. The topological polar surface area (TPSA) is 61.8 Å². The molecular formula is C13H25ClO5S. The predicted molar refractivity (Wildman–Crippen MR) is 78.6 cm³/mol. The fraction of sp³-hybridized carbons (Fsp3) is 1.00. The Labute approximate surface area is 126 Å². The van der Waals surface area contributed by atoms with Crippen molar-refractivity contribution in [3.63, 3.8) is 0 Å². The van der Waals surface area contributed by atoms with Gasteiger partial charge in [0.15, 0.2) is 0 Å². The van der Waals surface area contributed by atoms with Gasteiger partial charge in [0.2, 0.25) is 9.05 Å². The highest BCUT2D eigenvalue weighted by atomic mass is 35.7. The molecule has 20 heavy (non-hydrogen) atoms. The molecule has 1 aliphatic heterocycles. The highest BCUT2D eigenvalue weighted by Crippen LogP contribution is 2.33. The number of ether oxygens (including phenoxy) is 3. The van der Waals surface area contributed by atoms with E-state index in [1.807, 2.05) is 0 Å². The van der Waals surface area contributed by atoms with Crippen LogP contribution in [-0.2, 0) is 23.3 Å². The van der Waals surface area contributed by atoms with Gasteiger partial charge in [-0.2, -0.15) is 0 Å². The Kier molecular flexibility index (Phi) is 7.75. The summed E-state index contributed by atoms with van der Waals surface area (Å²) in [5.41, 5.74) is -0.420. The molecule has 0 aromatic rings. The van der Waals surface area contributed by atoms with Crippen molar-refractivity contribution >= 4 is 19.7 Å². The van der Waals surface area contributed by atoms with Gasteiger partial charge in [-0.25, -0.2) is 8.42 Å². The molecule has 1 saturated heterocycles. The van der Waals surface area contributed by atoms with E-state index in [1.54, 1.807) is 0 Å². The SMILES string of the molecule is CC(C)COCCOCC1(CS(=O)(=O)Cl)CCOCC1. The van der Waals surface area contributed by atoms with Crippen LogP contribution in [0.15, 0.2) is 0 Å². The molecule has 0 N–H and O–H groups in total. The minimum atomic E-state index is -3.54. The monoisotopic (exact) mass is 328 g/mol. The highest BCUT2D eigenvalue weighted by molar-refractivity contribution is 8.13. The molecule has 0 aromatic carbocycles. The molecule has 1 fully saturated rings. The molecule has 0 atom stereocenters.